The lowest BCUT2D eigenvalue weighted by atomic mass is 10.2. The van der Waals surface area contributed by atoms with Crippen molar-refractivity contribution in [3.8, 4) is 22.4 Å². The summed E-state index contributed by atoms with van der Waals surface area (Å²) in [6, 6.07) is 3.55. The molecule has 0 aliphatic heterocycles. The molecule has 0 spiro atoms. The second-order valence-corrected chi connectivity index (χ2v) is 5.62. The minimum Gasteiger partial charge on any atom is -0.309 e. The lowest BCUT2D eigenvalue weighted by Crippen LogP contribution is -2.19. The number of pyridine rings is 1. The van der Waals surface area contributed by atoms with Gasteiger partial charge in [-0.15, -0.1) is 0 Å². The van der Waals surface area contributed by atoms with E-state index in [0.29, 0.717) is 5.82 Å². The molecule has 4 rings (SSSR count). The molecule has 0 aromatic carbocycles. The zero-order valence-corrected chi connectivity index (χ0v) is 14.1. The molecule has 0 aliphatic carbocycles. The molecule has 0 saturated carbocycles. The topological polar surface area (TPSA) is 111 Å². The number of hydrogen-bond donors (Lipinski definition) is 1. The fraction of sp³-hybridized carbons (Fsp3) is 0.0556. The normalized spacial score (nSPS) is 10.5. The van der Waals surface area contributed by atoms with E-state index in [1.807, 2.05) is 6.07 Å². The first-order valence-corrected chi connectivity index (χ1v) is 8.08. The number of amides is 1. The molecule has 0 fully saturated rings. The molecule has 0 unspecified atom stereocenters. The van der Waals surface area contributed by atoms with Crippen molar-refractivity contribution in [2.45, 2.75) is 6.54 Å². The first kappa shape index (κ1) is 16.5. The molecule has 9 heteroatoms. The van der Waals surface area contributed by atoms with Crippen LogP contribution in [0, 0.1) is 0 Å². The maximum absolute atomic E-state index is 12.2. The largest absolute Gasteiger partial charge is 0.309 e. The Hall–Kier alpha value is -4.01. The van der Waals surface area contributed by atoms with Gasteiger partial charge in [0.2, 0.25) is 5.91 Å². The quantitative estimate of drug-likeness (QED) is 0.579. The average Bonchev–Trinajstić information content (AvgIpc) is 3.18. The molecule has 0 saturated heterocycles. The van der Waals surface area contributed by atoms with Crippen LogP contribution in [0.3, 0.4) is 0 Å². The van der Waals surface area contributed by atoms with Crippen LogP contribution in [-0.4, -0.2) is 40.6 Å². The molecule has 0 radical (unpaired) electrons. The smallest absolute Gasteiger partial charge is 0.247 e. The van der Waals surface area contributed by atoms with Crippen molar-refractivity contribution < 1.29 is 4.79 Å². The Kier molecular flexibility index (Phi) is 4.56. The van der Waals surface area contributed by atoms with Crippen LogP contribution < -0.4 is 5.32 Å². The van der Waals surface area contributed by atoms with E-state index in [4.69, 9.17) is 0 Å². The highest BCUT2D eigenvalue weighted by Gasteiger charge is 2.08. The third kappa shape index (κ3) is 3.98. The molecule has 132 valence electrons. The highest BCUT2D eigenvalue weighted by atomic mass is 16.2. The molecular formula is C18H14N8O. The lowest BCUT2D eigenvalue weighted by molar-refractivity contribution is -0.116. The Labute approximate surface area is 154 Å². The van der Waals surface area contributed by atoms with Crippen molar-refractivity contribution in [1.82, 2.24) is 34.7 Å². The van der Waals surface area contributed by atoms with Gasteiger partial charge in [-0.1, -0.05) is 0 Å². The van der Waals surface area contributed by atoms with Gasteiger partial charge < -0.3 is 5.32 Å². The highest BCUT2D eigenvalue weighted by molar-refractivity contribution is 5.89. The third-order valence-electron chi connectivity index (χ3n) is 3.72. The van der Waals surface area contributed by atoms with Crippen LogP contribution in [0.2, 0.25) is 0 Å². The third-order valence-corrected chi connectivity index (χ3v) is 3.72. The number of nitrogens with zero attached hydrogens (tertiary/aromatic N) is 7. The number of rotatable bonds is 5. The lowest BCUT2D eigenvalue weighted by Gasteiger charge is -2.05. The van der Waals surface area contributed by atoms with Gasteiger partial charge in [-0.05, 0) is 12.1 Å². The molecule has 4 aromatic rings. The van der Waals surface area contributed by atoms with E-state index in [-0.39, 0.29) is 12.5 Å². The van der Waals surface area contributed by atoms with Crippen LogP contribution >= 0.6 is 0 Å². The summed E-state index contributed by atoms with van der Waals surface area (Å²) in [6.07, 6.45) is 14.8. The summed E-state index contributed by atoms with van der Waals surface area (Å²) >= 11 is 0. The van der Waals surface area contributed by atoms with Crippen LogP contribution in [0.4, 0.5) is 5.82 Å². The predicted molar refractivity (Wildman–Crippen MR) is 97.1 cm³/mol. The molecule has 4 aromatic heterocycles. The zero-order valence-electron chi connectivity index (χ0n) is 14.1. The molecule has 9 nitrogen and oxygen atoms in total. The fourth-order valence-electron chi connectivity index (χ4n) is 2.44. The number of hydrogen-bond acceptors (Lipinski definition) is 7. The second-order valence-electron chi connectivity index (χ2n) is 5.62. The van der Waals surface area contributed by atoms with Gasteiger partial charge in [0.1, 0.15) is 18.7 Å². The van der Waals surface area contributed by atoms with E-state index in [1.54, 1.807) is 60.3 Å². The predicted octanol–water partition coefficient (Wildman–Crippen LogP) is 1.83. The zero-order chi connectivity index (χ0) is 18.5. The van der Waals surface area contributed by atoms with Gasteiger partial charge in [-0.25, -0.2) is 15.0 Å². The number of nitrogens with one attached hydrogen (secondary N) is 1. The standard InChI is InChI=1S/C18H14N8O/c27-18(11-26-10-15(8-24-26)14-5-20-12-21-6-14)25-17-2-1-13(7-23-17)16-9-19-3-4-22-16/h1-10,12H,11H2,(H,23,25,27). The Morgan fingerprint density at radius 3 is 2.52 bits per heavy atom. The Morgan fingerprint density at radius 2 is 1.78 bits per heavy atom. The van der Waals surface area contributed by atoms with E-state index in [2.05, 4.69) is 35.3 Å². The van der Waals surface area contributed by atoms with Crippen molar-refractivity contribution in [2.24, 2.45) is 0 Å². The summed E-state index contributed by atoms with van der Waals surface area (Å²) in [5.74, 6) is 0.227. The van der Waals surface area contributed by atoms with Gasteiger partial charge >= 0.3 is 0 Å². The van der Waals surface area contributed by atoms with Gasteiger partial charge in [0.25, 0.3) is 0 Å². The van der Waals surface area contributed by atoms with Crippen LogP contribution in [-0.2, 0) is 11.3 Å². The molecule has 0 aliphatic rings. The van der Waals surface area contributed by atoms with E-state index in [9.17, 15) is 4.79 Å². The molecule has 1 N–H and O–H groups in total. The maximum Gasteiger partial charge on any atom is 0.247 e. The first-order valence-electron chi connectivity index (χ1n) is 8.08. The molecular weight excluding hydrogens is 344 g/mol. The van der Waals surface area contributed by atoms with Gasteiger partial charge in [0, 0.05) is 53.9 Å². The molecule has 0 bridgehead atoms. The van der Waals surface area contributed by atoms with Crippen LogP contribution in [0.15, 0.2) is 68.0 Å². The molecule has 1 amide bonds. The van der Waals surface area contributed by atoms with Crippen LogP contribution in [0.1, 0.15) is 0 Å². The van der Waals surface area contributed by atoms with E-state index in [1.165, 1.54) is 6.33 Å². The number of carbonyl (C=O) groups is 1. The van der Waals surface area contributed by atoms with E-state index < -0.39 is 0 Å². The summed E-state index contributed by atoms with van der Waals surface area (Å²) in [5.41, 5.74) is 3.22. The summed E-state index contributed by atoms with van der Waals surface area (Å²) in [6.45, 7) is 0.0707. The Balaban J connectivity index is 1.39. The maximum atomic E-state index is 12.2. The number of anilines is 1. The second kappa shape index (κ2) is 7.48. The molecule has 0 atom stereocenters. The molecule has 4 heterocycles. The average molecular weight is 358 g/mol. The SMILES string of the molecule is O=C(Cn1cc(-c2cncnc2)cn1)Nc1ccc(-c2cnccn2)cn1. The highest BCUT2D eigenvalue weighted by Crippen LogP contribution is 2.17. The van der Waals surface area contributed by atoms with Gasteiger partial charge in [0.15, 0.2) is 0 Å². The van der Waals surface area contributed by atoms with Crippen molar-refractivity contribution >= 4 is 11.7 Å². The summed E-state index contributed by atoms with van der Waals surface area (Å²) < 4.78 is 1.55. The fourth-order valence-corrected chi connectivity index (χ4v) is 2.44. The number of carbonyl (C=O) groups excluding carboxylic acids is 1. The van der Waals surface area contributed by atoms with E-state index in [0.717, 1.165) is 22.4 Å². The van der Waals surface area contributed by atoms with Crippen LogP contribution in [0.5, 0.6) is 0 Å². The van der Waals surface area contributed by atoms with E-state index >= 15 is 0 Å². The number of aromatic nitrogens is 7. The minimum atomic E-state index is -0.228. The van der Waals surface area contributed by atoms with Crippen molar-refractivity contribution in [2.75, 3.05) is 5.32 Å². The Bertz CT molecular complexity index is 1030. The minimum absolute atomic E-state index is 0.0707. The Morgan fingerprint density at radius 1 is 0.889 bits per heavy atom. The van der Waals surface area contributed by atoms with Crippen molar-refractivity contribution in [1.29, 1.82) is 0 Å². The first-order chi connectivity index (χ1) is 13.3. The van der Waals surface area contributed by atoms with Crippen LogP contribution in [0.25, 0.3) is 22.4 Å². The van der Waals surface area contributed by atoms with Gasteiger partial charge in [-0.2, -0.15) is 5.10 Å². The van der Waals surface area contributed by atoms with Gasteiger partial charge in [0.05, 0.1) is 18.1 Å². The monoisotopic (exact) mass is 358 g/mol. The molecule has 27 heavy (non-hydrogen) atoms. The summed E-state index contributed by atoms with van der Waals surface area (Å²) in [7, 11) is 0. The van der Waals surface area contributed by atoms with Gasteiger partial charge in [-0.3, -0.25) is 19.4 Å². The summed E-state index contributed by atoms with van der Waals surface area (Å²) in [4.78, 5) is 32.6. The van der Waals surface area contributed by atoms with Crippen molar-refractivity contribution in [3.63, 3.8) is 0 Å². The van der Waals surface area contributed by atoms with Crippen molar-refractivity contribution in [3.05, 3.63) is 68.0 Å². The summed E-state index contributed by atoms with van der Waals surface area (Å²) in [5, 5.41) is 6.94.